The van der Waals surface area contributed by atoms with Crippen molar-refractivity contribution >= 4 is 57.8 Å². The van der Waals surface area contributed by atoms with Crippen molar-refractivity contribution in [1.82, 2.24) is 0 Å². The molecule has 0 radical (unpaired) electrons. The standard InChI is InChI=1S/C28H28F3NO4S.C26H24F3NO4S/c1-2-35-26(34)11-7-6-10-25(33)32-15-14-20-16-21(12-13-24(20)32)36-18-22-17-23(19-8-4-3-5-9-19)27(37-22)28(29,30)31;27-26(28,29)25-21(17-6-2-1-3-7-17)15-20(35-25)16-34-19-10-11-22-18(14-19)12-13-30(22)23(31)8-4-5-9-24(32)33/h3-5,8-9,12-13,16-17H,2,6-7,10-11,14-15,18H2,1H3;1-3,6-7,10-11,14-15H,4-5,8-9,12-13,16H2,(H,32,33). The normalized spacial score (nSPS) is 13.0. The lowest BCUT2D eigenvalue weighted by atomic mass is 10.1. The minimum Gasteiger partial charge on any atom is -0.488 e. The summed E-state index contributed by atoms with van der Waals surface area (Å²) in [4.78, 5) is 50.4. The molecule has 2 aliphatic heterocycles. The number of nitrogens with zero attached hydrogens (tertiary/aromatic N) is 2. The molecule has 8 rings (SSSR count). The number of ether oxygens (including phenoxy) is 3. The van der Waals surface area contributed by atoms with E-state index < -0.39 is 28.1 Å². The summed E-state index contributed by atoms with van der Waals surface area (Å²) >= 11 is 1.37. The molecule has 1 N–H and O–H groups in total. The third-order valence-electron chi connectivity index (χ3n) is 11.9. The molecule has 0 saturated heterocycles. The number of carbonyl (C=O) groups is 4. The first-order chi connectivity index (χ1) is 34.5. The molecule has 2 aliphatic rings. The summed E-state index contributed by atoms with van der Waals surface area (Å²) < 4.78 is 98.3. The first-order valence-electron chi connectivity index (χ1n) is 23.5. The number of anilines is 2. The van der Waals surface area contributed by atoms with Gasteiger partial charge in [-0.25, -0.2) is 0 Å². The molecule has 2 aromatic heterocycles. The summed E-state index contributed by atoms with van der Waals surface area (Å²) in [5, 5.41) is 8.71. The van der Waals surface area contributed by atoms with Gasteiger partial charge in [-0.1, -0.05) is 60.7 Å². The Bertz CT molecular complexity index is 2830. The number of aliphatic carboxylic acids is 1. The van der Waals surface area contributed by atoms with Crippen molar-refractivity contribution in [3.63, 3.8) is 0 Å². The van der Waals surface area contributed by atoms with Crippen molar-refractivity contribution < 1.29 is 64.8 Å². The van der Waals surface area contributed by atoms with Crippen molar-refractivity contribution in [2.45, 2.75) is 96.7 Å². The van der Waals surface area contributed by atoms with Gasteiger partial charge >= 0.3 is 24.3 Å². The van der Waals surface area contributed by atoms with Gasteiger partial charge in [0.1, 0.15) is 34.5 Å². The van der Waals surface area contributed by atoms with Gasteiger partial charge in [0, 0.05) is 71.0 Å². The first-order valence-corrected chi connectivity index (χ1v) is 25.1. The highest BCUT2D eigenvalue weighted by atomic mass is 32.1. The van der Waals surface area contributed by atoms with E-state index in [0.29, 0.717) is 126 Å². The van der Waals surface area contributed by atoms with Gasteiger partial charge in [-0.3, -0.25) is 19.2 Å². The number of hydrogen-bond acceptors (Lipinski definition) is 9. The Hall–Kier alpha value is -6.66. The van der Waals surface area contributed by atoms with E-state index in [1.54, 1.807) is 102 Å². The quantitative estimate of drug-likeness (QED) is 0.0483. The van der Waals surface area contributed by atoms with Crippen LogP contribution in [0.25, 0.3) is 22.3 Å². The number of rotatable bonds is 19. The number of halogens is 6. The Balaban J connectivity index is 0.000000212. The second kappa shape index (κ2) is 24.2. The highest BCUT2D eigenvalue weighted by Crippen LogP contribution is 2.45. The number of alkyl halides is 6. The molecule has 10 nitrogen and oxygen atoms in total. The minimum atomic E-state index is -4.45. The molecule has 0 saturated carbocycles. The molecule has 72 heavy (non-hydrogen) atoms. The van der Waals surface area contributed by atoms with Crippen molar-refractivity contribution in [2.24, 2.45) is 0 Å². The minimum absolute atomic E-state index is 0.00276. The molecule has 0 unspecified atom stereocenters. The number of benzene rings is 4. The average molecular weight is 1040 g/mol. The van der Waals surface area contributed by atoms with Gasteiger partial charge in [-0.05, 0) is 116 Å². The van der Waals surface area contributed by atoms with Gasteiger partial charge < -0.3 is 29.1 Å². The lowest BCUT2D eigenvalue weighted by molar-refractivity contribution is -0.143. The highest BCUT2D eigenvalue weighted by molar-refractivity contribution is 7.13. The zero-order chi connectivity index (χ0) is 51.4. The molecule has 0 atom stereocenters. The summed E-state index contributed by atoms with van der Waals surface area (Å²) in [7, 11) is 0. The van der Waals surface area contributed by atoms with Crippen LogP contribution in [-0.4, -0.2) is 48.6 Å². The van der Waals surface area contributed by atoms with Gasteiger partial charge in [0.25, 0.3) is 0 Å². The van der Waals surface area contributed by atoms with E-state index in [0.717, 1.165) is 22.5 Å². The van der Waals surface area contributed by atoms with E-state index in [1.165, 1.54) is 6.07 Å². The maximum absolute atomic E-state index is 13.6. The molecule has 2 amide bonds. The number of carboxylic acids is 1. The molecular formula is C54H52F6N2O8S2. The summed E-state index contributed by atoms with van der Waals surface area (Å²) in [6, 6.07) is 30.8. The van der Waals surface area contributed by atoms with Crippen molar-refractivity contribution in [1.29, 1.82) is 0 Å². The van der Waals surface area contributed by atoms with E-state index in [9.17, 15) is 45.5 Å². The van der Waals surface area contributed by atoms with E-state index in [1.807, 2.05) is 18.2 Å². The molecule has 380 valence electrons. The lowest BCUT2D eigenvalue weighted by Crippen LogP contribution is -2.28. The predicted octanol–water partition coefficient (Wildman–Crippen LogP) is 13.6. The Morgan fingerprint density at radius 2 is 0.986 bits per heavy atom. The molecule has 0 bridgehead atoms. The van der Waals surface area contributed by atoms with Crippen molar-refractivity contribution in [3.05, 3.63) is 140 Å². The number of fused-ring (bicyclic) bond motifs is 2. The zero-order valence-electron chi connectivity index (χ0n) is 39.3. The van der Waals surface area contributed by atoms with E-state index in [-0.39, 0.29) is 55.0 Å². The number of esters is 1. The van der Waals surface area contributed by atoms with Crippen LogP contribution in [-0.2, 0) is 62.3 Å². The number of unbranched alkanes of at least 4 members (excludes halogenated alkanes) is 2. The van der Waals surface area contributed by atoms with Crippen LogP contribution in [0.1, 0.15) is 88.9 Å². The van der Waals surface area contributed by atoms with Crippen molar-refractivity contribution in [3.8, 4) is 33.8 Å². The van der Waals surface area contributed by atoms with Crippen molar-refractivity contribution in [2.75, 3.05) is 29.5 Å². The van der Waals surface area contributed by atoms with Crippen LogP contribution >= 0.6 is 22.7 Å². The third-order valence-corrected chi connectivity index (χ3v) is 14.2. The summed E-state index contributed by atoms with van der Waals surface area (Å²) in [6.07, 6.45) is -4.40. The van der Waals surface area contributed by atoms with Gasteiger partial charge in [-0.2, -0.15) is 26.3 Å². The fourth-order valence-electron chi connectivity index (χ4n) is 8.48. The Morgan fingerprint density at radius 3 is 1.39 bits per heavy atom. The maximum atomic E-state index is 13.6. The predicted molar refractivity (Wildman–Crippen MR) is 264 cm³/mol. The van der Waals surface area contributed by atoms with Crippen LogP contribution in [0.2, 0.25) is 0 Å². The third kappa shape index (κ3) is 14.1. The van der Waals surface area contributed by atoms with Gasteiger partial charge in [0.2, 0.25) is 11.8 Å². The molecule has 6 aromatic rings. The number of amides is 2. The second-order valence-electron chi connectivity index (χ2n) is 17.0. The fourth-order valence-corrected chi connectivity index (χ4v) is 10.4. The number of thiophene rings is 2. The Kier molecular flexibility index (Phi) is 17.8. The number of carbonyl (C=O) groups excluding carboxylic acids is 3. The SMILES string of the molecule is CCOC(=O)CCCCC(=O)N1CCc2cc(OCc3cc(-c4ccccc4)c(C(F)(F)F)s3)ccc21.O=C(O)CCCCC(=O)N1CCc2cc(OCc3cc(-c4ccccc4)c(C(F)(F)F)s3)ccc21. The van der Waals surface area contributed by atoms with Crippen LogP contribution in [0.4, 0.5) is 37.7 Å². The summed E-state index contributed by atoms with van der Waals surface area (Å²) in [5.74, 6) is -0.0849. The van der Waals surface area contributed by atoms with Crippen LogP contribution in [0.5, 0.6) is 11.5 Å². The maximum Gasteiger partial charge on any atom is 0.426 e. The number of carboxylic acid groups (broad SMARTS) is 1. The molecular weight excluding hydrogens is 983 g/mol. The smallest absolute Gasteiger partial charge is 0.426 e. The first kappa shape index (κ1) is 53.1. The topological polar surface area (TPSA) is 123 Å². The monoisotopic (exact) mass is 1030 g/mol. The van der Waals surface area contributed by atoms with Gasteiger partial charge in [0.05, 0.1) is 6.61 Å². The summed E-state index contributed by atoms with van der Waals surface area (Å²) in [5.41, 5.74) is 4.84. The van der Waals surface area contributed by atoms with Gasteiger partial charge in [0.15, 0.2) is 0 Å². The largest absolute Gasteiger partial charge is 0.488 e. The molecule has 0 aliphatic carbocycles. The highest BCUT2D eigenvalue weighted by Gasteiger charge is 2.38. The van der Waals surface area contributed by atoms with Crippen LogP contribution < -0.4 is 19.3 Å². The van der Waals surface area contributed by atoms with Crippen LogP contribution in [0, 0.1) is 0 Å². The molecule has 0 spiro atoms. The number of hydrogen-bond donors (Lipinski definition) is 1. The second-order valence-corrected chi connectivity index (χ2v) is 19.3. The Morgan fingerprint density at radius 1 is 0.569 bits per heavy atom. The van der Waals surface area contributed by atoms with E-state index >= 15 is 0 Å². The average Bonchev–Trinajstić information content (AvgIpc) is 4.18. The molecule has 4 heterocycles. The zero-order valence-corrected chi connectivity index (χ0v) is 40.9. The molecule has 4 aromatic carbocycles. The van der Waals surface area contributed by atoms with E-state index in [2.05, 4.69) is 0 Å². The van der Waals surface area contributed by atoms with E-state index in [4.69, 9.17) is 19.3 Å². The lowest BCUT2D eigenvalue weighted by Gasteiger charge is -2.17. The summed E-state index contributed by atoms with van der Waals surface area (Å²) in [6.45, 7) is 3.24. The molecule has 0 fully saturated rings. The Labute approximate surface area is 420 Å². The van der Waals surface area contributed by atoms with Crippen LogP contribution in [0.15, 0.2) is 109 Å². The fraction of sp³-hybridized carbons (Fsp3) is 0.333. The molecule has 18 heteroatoms. The van der Waals surface area contributed by atoms with Gasteiger partial charge in [-0.15, -0.1) is 22.7 Å². The van der Waals surface area contributed by atoms with Crippen LogP contribution in [0.3, 0.4) is 0 Å².